The third kappa shape index (κ3) is 4.45. The van der Waals surface area contributed by atoms with Crippen molar-refractivity contribution >= 4 is 11.7 Å². The van der Waals surface area contributed by atoms with Crippen LogP contribution in [0.5, 0.6) is 0 Å². The van der Waals surface area contributed by atoms with Crippen LogP contribution in [0.4, 0.5) is 18.9 Å². The van der Waals surface area contributed by atoms with E-state index < -0.39 is 17.7 Å². The summed E-state index contributed by atoms with van der Waals surface area (Å²) < 4.78 is 44.8. The molecule has 1 aromatic rings. The van der Waals surface area contributed by atoms with Gasteiger partial charge in [-0.3, -0.25) is 0 Å². The van der Waals surface area contributed by atoms with Gasteiger partial charge in [0.1, 0.15) is 0 Å². The minimum Gasteiger partial charge on any atom is -0.465 e. The minimum atomic E-state index is -4.52. The lowest BCUT2D eigenvalue weighted by molar-refractivity contribution is -0.137. The fraction of sp³-hybridized carbons (Fsp3) is 0.611. The van der Waals surface area contributed by atoms with Gasteiger partial charge in [-0.05, 0) is 57.0 Å². The first kappa shape index (κ1) is 19.6. The van der Waals surface area contributed by atoms with Crippen molar-refractivity contribution < 1.29 is 22.7 Å². The van der Waals surface area contributed by atoms with Gasteiger partial charge in [-0.15, -0.1) is 0 Å². The number of esters is 1. The molecule has 1 aromatic carbocycles. The number of ether oxygens (including phenoxy) is 1. The van der Waals surface area contributed by atoms with Crippen LogP contribution in [0.3, 0.4) is 0 Å². The molecule has 0 atom stereocenters. The topological polar surface area (TPSA) is 41.6 Å². The van der Waals surface area contributed by atoms with Gasteiger partial charge >= 0.3 is 12.1 Å². The molecule has 1 aliphatic rings. The van der Waals surface area contributed by atoms with Crippen molar-refractivity contribution in [2.24, 2.45) is 0 Å². The molecule has 4 nitrogen and oxygen atoms in total. The summed E-state index contributed by atoms with van der Waals surface area (Å²) in [6.07, 6.45) is -1.98. The number of hydrogen-bond donors (Lipinski definition) is 1. The van der Waals surface area contributed by atoms with E-state index in [9.17, 15) is 18.0 Å². The Balaban J connectivity index is 2.56. The van der Waals surface area contributed by atoms with Crippen molar-refractivity contribution in [2.45, 2.75) is 45.3 Å². The molecule has 140 valence electrons. The summed E-state index contributed by atoms with van der Waals surface area (Å²) in [4.78, 5) is 14.0. The molecule has 7 heteroatoms. The molecular weight excluding hydrogens is 333 g/mol. The number of nitrogens with zero attached hydrogens (tertiary/aromatic N) is 1. The van der Waals surface area contributed by atoms with Crippen molar-refractivity contribution in [3.05, 3.63) is 28.8 Å². The molecule has 1 N–H and O–H groups in total. The number of halogens is 3. The summed E-state index contributed by atoms with van der Waals surface area (Å²) in [5.74, 6) is -0.744. The fourth-order valence-corrected chi connectivity index (χ4v) is 3.34. The summed E-state index contributed by atoms with van der Waals surface area (Å²) in [5.41, 5.74) is 0.168. The average molecular weight is 358 g/mol. The minimum absolute atomic E-state index is 0.0256. The maximum absolute atomic E-state index is 13.4. The third-order valence-electron chi connectivity index (χ3n) is 4.64. The van der Waals surface area contributed by atoms with Gasteiger partial charge in [0.15, 0.2) is 0 Å². The smallest absolute Gasteiger partial charge is 0.416 e. The number of nitrogens with one attached hydrogen (secondary N) is 1. The monoisotopic (exact) mass is 358 g/mol. The first-order valence-electron chi connectivity index (χ1n) is 8.57. The third-order valence-corrected chi connectivity index (χ3v) is 4.64. The molecule has 0 bridgehead atoms. The highest BCUT2D eigenvalue weighted by molar-refractivity contribution is 5.93. The van der Waals surface area contributed by atoms with Crippen LogP contribution in [-0.4, -0.2) is 38.8 Å². The number of piperidine rings is 1. The number of benzene rings is 1. The molecule has 0 aromatic heterocycles. The molecule has 0 aliphatic carbocycles. The van der Waals surface area contributed by atoms with Gasteiger partial charge in [0.25, 0.3) is 0 Å². The number of methoxy groups -OCH3 is 1. The Morgan fingerprint density at radius 1 is 1.32 bits per heavy atom. The lowest BCUT2D eigenvalue weighted by atomic mass is 9.97. The van der Waals surface area contributed by atoms with Crippen LogP contribution >= 0.6 is 0 Å². The maximum atomic E-state index is 13.4. The predicted octanol–water partition coefficient (Wildman–Crippen LogP) is 3.77. The van der Waals surface area contributed by atoms with Crippen molar-refractivity contribution in [1.29, 1.82) is 0 Å². The van der Waals surface area contributed by atoms with E-state index in [4.69, 9.17) is 4.74 Å². The summed E-state index contributed by atoms with van der Waals surface area (Å²) in [5, 5.41) is 3.27. The zero-order valence-corrected chi connectivity index (χ0v) is 14.9. The van der Waals surface area contributed by atoms with E-state index in [1.165, 1.54) is 13.2 Å². The molecule has 25 heavy (non-hydrogen) atoms. The molecule has 0 radical (unpaired) electrons. The normalized spacial score (nSPS) is 15.9. The lowest BCUT2D eigenvalue weighted by Gasteiger charge is -2.38. The Morgan fingerprint density at radius 2 is 1.96 bits per heavy atom. The van der Waals surface area contributed by atoms with E-state index in [1.54, 1.807) is 6.92 Å². The number of rotatable bonds is 5. The number of carbonyl (C=O) groups excluding carboxylic acids is 1. The summed E-state index contributed by atoms with van der Waals surface area (Å²) >= 11 is 0. The van der Waals surface area contributed by atoms with E-state index in [2.05, 4.69) is 5.32 Å². The quantitative estimate of drug-likeness (QED) is 0.814. The van der Waals surface area contributed by atoms with Crippen LogP contribution in [0.2, 0.25) is 0 Å². The second-order valence-electron chi connectivity index (χ2n) is 6.33. The summed E-state index contributed by atoms with van der Waals surface area (Å²) in [6, 6.07) is 2.21. The molecule has 0 amide bonds. The van der Waals surface area contributed by atoms with Crippen molar-refractivity contribution in [1.82, 2.24) is 5.32 Å². The first-order valence-corrected chi connectivity index (χ1v) is 8.57. The first-order chi connectivity index (χ1) is 11.8. The van der Waals surface area contributed by atoms with Gasteiger partial charge < -0.3 is 15.0 Å². The molecular formula is C18H25F3N2O2. The summed E-state index contributed by atoms with van der Waals surface area (Å²) in [6.45, 7) is 6.01. The van der Waals surface area contributed by atoms with E-state index >= 15 is 0 Å². The Morgan fingerprint density at radius 3 is 2.48 bits per heavy atom. The van der Waals surface area contributed by atoms with Gasteiger partial charge in [-0.1, -0.05) is 6.92 Å². The van der Waals surface area contributed by atoms with Gasteiger partial charge in [-0.2, -0.15) is 13.2 Å². The highest BCUT2D eigenvalue weighted by Gasteiger charge is 2.34. The highest BCUT2D eigenvalue weighted by atomic mass is 19.4. The number of anilines is 1. The summed E-state index contributed by atoms with van der Waals surface area (Å²) in [7, 11) is 1.18. The molecule has 1 saturated heterocycles. The van der Waals surface area contributed by atoms with Crippen LogP contribution in [0.25, 0.3) is 0 Å². The van der Waals surface area contributed by atoms with Gasteiger partial charge in [-0.25, -0.2) is 4.79 Å². The van der Waals surface area contributed by atoms with E-state index in [0.717, 1.165) is 38.4 Å². The SMILES string of the molecule is CCCN(c1cc(C(F)(F)F)cc(C(=O)OC)c1C)C1CCNCC1. The highest BCUT2D eigenvalue weighted by Crippen LogP contribution is 2.37. The number of carbonyl (C=O) groups is 1. The zero-order chi connectivity index (χ0) is 18.6. The Labute approximate surface area is 146 Å². The molecule has 2 rings (SSSR count). The van der Waals surface area contributed by atoms with Crippen molar-refractivity contribution in [3.8, 4) is 0 Å². The largest absolute Gasteiger partial charge is 0.465 e. The number of alkyl halides is 3. The van der Waals surface area contributed by atoms with Crippen LogP contribution in [-0.2, 0) is 10.9 Å². The van der Waals surface area contributed by atoms with Gasteiger partial charge in [0, 0.05) is 18.3 Å². The Bertz CT molecular complexity index is 611. The molecule has 0 unspecified atom stereocenters. The van der Waals surface area contributed by atoms with E-state index in [-0.39, 0.29) is 11.6 Å². The van der Waals surface area contributed by atoms with Gasteiger partial charge in [0.05, 0.1) is 18.2 Å². The molecule has 1 fully saturated rings. The lowest BCUT2D eigenvalue weighted by Crippen LogP contribution is -2.44. The van der Waals surface area contributed by atoms with Crippen molar-refractivity contribution in [3.63, 3.8) is 0 Å². The molecule has 1 heterocycles. The van der Waals surface area contributed by atoms with Crippen LogP contribution < -0.4 is 10.2 Å². The average Bonchev–Trinajstić information content (AvgIpc) is 2.59. The Hall–Kier alpha value is -1.76. The fourth-order valence-electron chi connectivity index (χ4n) is 3.34. The van der Waals surface area contributed by atoms with E-state index in [0.29, 0.717) is 17.8 Å². The Kier molecular flexibility index (Phi) is 6.32. The second-order valence-corrected chi connectivity index (χ2v) is 6.33. The van der Waals surface area contributed by atoms with Crippen LogP contribution in [0, 0.1) is 6.92 Å². The number of hydrogen-bond acceptors (Lipinski definition) is 4. The molecule has 0 saturated carbocycles. The maximum Gasteiger partial charge on any atom is 0.416 e. The molecule has 0 spiro atoms. The zero-order valence-electron chi connectivity index (χ0n) is 14.9. The second kappa shape index (κ2) is 8.08. The van der Waals surface area contributed by atoms with Crippen LogP contribution in [0.15, 0.2) is 12.1 Å². The predicted molar refractivity (Wildman–Crippen MR) is 91.0 cm³/mol. The van der Waals surface area contributed by atoms with Crippen molar-refractivity contribution in [2.75, 3.05) is 31.6 Å². The molecule has 1 aliphatic heterocycles. The standard InChI is InChI=1S/C18H25F3N2O2/c1-4-9-23(14-5-7-22-8-6-14)16-11-13(18(19,20)21)10-15(12(16)2)17(24)25-3/h10-11,14,22H,4-9H2,1-3H3. The van der Waals surface area contributed by atoms with Crippen LogP contribution in [0.1, 0.15) is 47.7 Å². The van der Waals surface area contributed by atoms with E-state index in [1.807, 2.05) is 11.8 Å². The van der Waals surface area contributed by atoms with Gasteiger partial charge in [0.2, 0.25) is 0 Å².